The Labute approximate surface area is 220 Å². The van der Waals surface area contributed by atoms with E-state index in [-0.39, 0.29) is 17.3 Å². The molecule has 38 heavy (non-hydrogen) atoms. The van der Waals surface area contributed by atoms with Gasteiger partial charge in [-0.2, -0.15) is 9.37 Å². The van der Waals surface area contributed by atoms with Crippen LogP contribution in [-0.2, 0) is 21.2 Å². The summed E-state index contributed by atoms with van der Waals surface area (Å²) in [5, 5.41) is 11.3. The number of sulfone groups is 1. The van der Waals surface area contributed by atoms with E-state index in [1.54, 1.807) is 32.0 Å². The van der Waals surface area contributed by atoms with Crippen molar-refractivity contribution in [2.75, 3.05) is 6.61 Å². The predicted octanol–water partition coefficient (Wildman–Crippen LogP) is 4.83. The van der Waals surface area contributed by atoms with E-state index in [2.05, 4.69) is 9.97 Å². The maximum atomic E-state index is 13.7. The smallest absolute Gasteiger partial charge is 0.296 e. The molecule has 0 aliphatic heterocycles. The van der Waals surface area contributed by atoms with Crippen LogP contribution in [0.2, 0.25) is 0 Å². The Morgan fingerprint density at radius 1 is 1.00 bits per heavy atom. The van der Waals surface area contributed by atoms with Crippen molar-refractivity contribution >= 4 is 9.84 Å². The molecule has 10 heteroatoms. The highest BCUT2D eigenvalue weighted by Crippen LogP contribution is 2.34. The van der Waals surface area contributed by atoms with Crippen LogP contribution in [0.5, 0.6) is 5.88 Å². The lowest BCUT2D eigenvalue weighted by Gasteiger charge is -2.25. The zero-order chi connectivity index (χ0) is 27.4. The lowest BCUT2D eigenvalue weighted by atomic mass is 10.0. The van der Waals surface area contributed by atoms with E-state index in [0.717, 1.165) is 5.56 Å². The quantitative estimate of drug-likeness (QED) is 0.305. The van der Waals surface area contributed by atoms with Crippen molar-refractivity contribution < 1.29 is 22.7 Å². The van der Waals surface area contributed by atoms with Gasteiger partial charge >= 0.3 is 0 Å². The number of halogens is 1. The second-order valence-corrected chi connectivity index (χ2v) is 10.5. The highest BCUT2D eigenvalue weighted by Gasteiger charge is 2.32. The minimum absolute atomic E-state index is 0.0806. The van der Waals surface area contributed by atoms with Gasteiger partial charge in [-0.05, 0) is 55.7 Å². The average molecular weight is 538 g/mol. The van der Waals surface area contributed by atoms with Gasteiger partial charge in [0.2, 0.25) is 21.7 Å². The molecule has 4 aromatic rings. The minimum atomic E-state index is -4.46. The van der Waals surface area contributed by atoms with E-state index in [9.17, 15) is 22.7 Å². The molecule has 0 fully saturated rings. The third-order valence-electron chi connectivity index (χ3n) is 6.25. The van der Waals surface area contributed by atoms with Gasteiger partial charge in [0.15, 0.2) is 4.90 Å². The standard InChI is InChI=1S/C28H28FN3O5S/c1-4-23(20-9-7-6-8-10-20)32-25(17-37-5-2)31-27(33)26(28(32)34)38(35,36)21-13-11-19(12-14-21)22-15-16-24(29)30-18(22)3/h6-16,23,34H,4-5,17H2,1-3H3. The summed E-state index contributed by atoms with van der Waals surface area (Å²) >= 11 is 0. The summed E-state index contributed by atoms with van der Waals surface area (Å²) in [6.07, 6.45) is 0.487. The number of hydrogen-bond donors (Lipinski definition) is 1. The monoisotopic (exact) mass is 537 g/mol. The number of benzene rings is 2. The number of ether oxygens (including phenoxy) is 1. The van der Waals surface area contributed by atoms with Gasteiger partial charge in [0.25, 0.3) is 5.56 Å². The van der Waals surface area contributed by atoms with Gasteiger partial charge in [-0.15, -0.1) is 0 Å². The van der Waals surface area contributed by atoms with Crippen molar-refractivity contribution in [3.63, 3.8) is 0 Å². The van der Waals surface area contributed by atoms with E-state index in [0.29, 0.717) is 29.8 Å². The fraction of sp³-hybridized carbons (Fsp3) is 0.250. The van der Waals surface area contributed by atoms with Gasteiger partial charge < -0.3 is 9.84 Å². The Morgan fingerprint density at radius 2 is 1.68 bits per heavy atom. The van der Waals surface area contributed by atoms with Crippen molar-refractivity contribution in [1.82, 2.24) is 14.5 Å². The van der Waals surface area contributed by atoms with E-state index >= 15 is 0 Å². The van der Waals surface area contributed by atoms with Crippen LogP contribution in [0.1, 0.15) is 43.4 Å². The van der Waals surface area contributed by atoms with Crippen LogP contribution in [0.4, 0.5) is 4.39 Å². The maximum absolute atomic E-state index is 13.7. The van der Waals surface area contributed by atoms with Crippen molar-refractivity contribution in [1.29, 1.82) is 0 Å². The molecule has 2 aromatic carbocycles. The Hall–Kier alpha value is -3.89. The molecule has 0 saturated carbocycles. The second kappa shape index (κ2) is 11.2. The van der Waals surface area contributed by atoms with E-state index in [4.69, 9.17) is 4.74 Å². The van der Waals surface area contributed by atoms with Gasteiger partial charge in [-0.1, -0.05) is 49.4 Å². The van der Waals surface area contributed by atoms with Crippen LogP contribution >= 0.6 is 0 Å². The first-order valence-corrected chi connectivity index (χ1v) is 13.6. The minimum Gasteiger partial charge on any atom is -0.493 e. The first kappa shape index (κ1) is 27.2. The second-order valence-electron chi connectivity index (χ2n) is 8.62. The Balaban J connectivity index is 1.85. The molecule has 0 aliphatic rings. The number of aromatic hydroxyl groups is 1. The Kier molecular flexibility index (Phi) is 8.03. The van der Waals surface area contributed by atoms with E-state index < -0.39 is 38.2 Å². The molecule has 1 N–H and O–H groups in total. The molecule has 0 bridgehead atoms. The van der Waals surface area contributed by atoms with E-state index in [1.807, 2.05) is 37.3 Å². The summed E-state index contributed by atoms with van der Waals surface area (Å²) in [5.41, 5.74) is 1.44. The van der Waals surface area contributed by atoms with Crippen LogP contribution < -0.4 is 5.56 Å². The summed E-state index contributed by atoms with van der Waals surface area (Å²) < 4.78 is 47.5. The van der Waals surface area contributed by atoms with Crippen molar-refractivity contribution in [2.24, 2.45) is 0 Å². The van der Waals surface area contributed by atoms with Gasteiger partial charge in [0, 0.05) is 17.9 Å². The van der Waals surface area contributed by atoms with Crippen molar-refractivity contribution in [2.45, 2.75) is 49.6 Å². The fourth-order valence-corrected chi connectivity index (χ4v) is 5.76. The van der Waals surface area contributed by atoms with Crippen LogP contribution in [0.3, 0.4) is 0 Å². The van der Waals surface area contributed by atoms with Crippen LogP contribution in [0, 0.1) is 12.9 Å². The van der Waals surface area contributed by atoms with Crippen molar-refractivity contribution in [3.8, 4) is 17.0 Å². The molecule has 1 unspecified atom stereocenters. The Bertz CT molecular complexity index is 1600. The highest BCUT2D eigenvalue weighted by atomic mass is 32.2. The van der Waals surface area contributed by atoms with Gasteiger partial charge in [0.05, 0.1) is 10.9 Å². The first-order chi connectivity index (χ1) is 18.2. The van der Waals surface area contributed by atoms with Gasteiger partial charge in [-0.3, -0.25) is 9.36 Å². The third kappa shape index (κ3) is 5.23. The zero-order valence-electron chi connectivity index (χ0n) is 21.3. The number of aryl methyl sites for hydroxylation is 1. The number of rotatable bonds is 9. The molecule has 4 rings (SSSR count). The predicted molar refractivity (Wildman–Crippen MR) is 140 cm³/mol. The number of aromatic nitrogens is 3. The molecule has 0 spiro atoms. The van der Waals surface area contributed by atoms with Crippen LogP contribution in [-0.4, -0.2) is 34.7 Å². The molecule has 0 saturated heterocycles. The molecular formula is C28H28FN3O5S. The SMILES string of the molecule is CCOCc1nc(=O)c(S(=O)(=O)c2ccc(-c3ccc(F)nc3C)cc2)c(O)n1C(CC)c1ccccc1. The molecule has 8 nitrogen and oxygen atoms in total. The normalized spacial score (nSPS) is 12.4. The van der Waals surface area contributed by atoms with Gasteiger partial charge in [0.1, 0.15) is 12.4 Å². The number of pyridine rings is 1. The van der Waals surface area contributed by atoms with Gasteiger partial charge in [-0.25, -0.2) is 13.4 Å². The first-order valence-electron chi connectivity index (χ1n) is 12.1. The lowest BCUT2D eigenvalue weighted by Crippen LogP contribution is -2.28. The molecule has 0 aliphatic carbocycles. The summed E-state index contributed by atoms with van der Waals surface area (Å²) in [4.78, 5) is 19.9. The number of hydrogen-bond acceptors (Lipinski definition) is 7. The van der Waals surface area contributed by atoms with Crippen LogP contribution in [0.15, 0.2) is 81.3 Å². The Morgan fingerprint density at radius 3 is 2.29 bits per heavy atom. The summed E-state index contributed by atoms with van der Waals surface area (Å²) in [5.74, 6) is -1.19. The van der Waals surface area contributed by atoms with Crippen molar-refractivity contribution in [3.05, 3.63) is 100 Å². The largest absolute Gasteiger partial charge is 0.493 e. The number of nitrogens with zero attached hydrogens (tertiary/aromatic N) is 3. The fourth-order valence-electron chi connectivity index (χ4n) is 4.42. The third-order valence-corrected chi connectivity index (χ3v) is 8.04. The summed E-state index contributed by atoms with van der Waals surface area (Å²) in [7, 11) is -4.46. The molecule has 0 amide bonds. The van der Waals surface area contributed by atoms with Crippen LogP contribution in [0.25, 0.3) is 11.1 Å². The average Bonchev–Trinajstić information content (AvgIpc) is 2.90. The maximum Gasteiger partial charge on any atom is 0.296 e. The molecule has 1 atom stereocenters. The summed E-state index contributed by atoms with van der Waals surface area (Å²) in [6, 6.07) is 17.3. The topological polar surface area (TPSA) is 111 Å². The molecule has 2 aromatic heterocycles. The zero-order valence-corrected chi connectivity index (χ0v) is 22.1. The van der Waals surface area contributed by atoms with E-state index in [1.165, 1.54) is 22.8 Å². The lowest BCUT2D eigenvalue weighted by molar-refractivity contribution is 0.121. The molecule has 0 radical (unpaired) electrons. The molecule has 198 valence electrons. The molecule has 2 heterocycles. The molecular weight excluding hydrogens is 509 g/mol. The summed E-state index contributed by atoms with van der Waals surface area (Å²) in [6.45, 7) is 5.58. The highest BCUT2D eigenvalue weighted by molar-refractivity contribution is 7.91.